The van der Waals surface area contributed by atoms with E-state index in [1.54, 1.807) is 0 Å². The maximum absolute atomic E-state index is 11.3. The molecule has 1 aliphatic carbocycles. The molecular formula is C11H16N4OS. The number of nitrogens with two attached hydrogens (primary N) is 1. The summed E-state index contributed by atoms with van der Waals surface area (Å²) < 4.78 is 0. The van der Waals surface area contributed by atoms with E-state index in [1.807, 2.05) is 6.26 Å². The molecule has 0 atom stereocenters. The lowest BCUT2D eigenvalue weighted by atomic mass is 10.2. The summed E-state index contributed by atoms with van der Waals surface area (Å²) in [6.45, 7) is 0. The summed E-state index contributed by atoms with van der Waals surface area (Å²) in [5.74, 6) is 0.0851. The van der Waals surface area contributed by atoms with Crippen molar-refractivity contribution in [1.29, 1.82) is 0 Å². The Labute approximate surface area is 105 Å². The Morgan fingerprint density at radius 2 is 2.24 bits per heavy atom. The minimum Gasteiger partial charge on any atom is -0.367 e. The van der Waals surface area contributed by atoms with Crippen LogP contribution in [0.3, 0.4) is 0 Å². The van der Waals surface area contributed by atoms with Crippen molar-refractivity contribution in [1.82, 2.24) is 9.97 Å². The van der Waals surface area contributed by atoms with Crippen LogP contribution < -0.4 is 11.1 Å². The van der Waals surface area contributed by atoms with Gasteiger partial charge in [0.05, 0.1) is 5.56 Å². The smallest absolute Gasteiger partial charge is 0.254 e. The monoisotopic (exact) mass is 252 g/mol. The lowest BCUT2D eigenvalue weighted by Crippen LogP contribution is -2.21. The van der Waals surface area contributed by atoms with Gasteiger partial charge in [0.15, 0.2) is 5.16 Å². The minimum absolute atomic E-state index is 0.370. The van der Waals surface area contributed by atoms with Crippen molar-refractivity contribution >= 4 is 23.5 Å². The largest absolute Gasteiger partial charge is 0.367 e. The van der Waals surface area contributed by atoms with Gasteiger partial charge < -0.3 is 11.1 Å². The Hall–Kier alpha value is -1.30. The molecule has 0 aromatic carbocycles. The van der Waals surface area contributed by atoms with Gasteiger partial charge in [-0.05, 0) is 19.1 Å². The van der Waals surface area contributed by atoms with Gasteiger partial charge in [-0.1, -0.05) is 24.6 Å². The molecule has 0 radical (unpaired) electrons. The zero-order valence-corrected chi connectivity index (χ0v) is 10.6. The third kappa shape index (κ3) is 2.88. The number of aromatic nitrogens is 2. The van der Waals surface area contributed by atoms with Crippen LogP contribution in [-0.4, -0.2) is 28.2 Å². The number of hydrogen-bond donors (Lipinski definition) is 2. The van der Waals surface area contributed by atoms with Crippen LogP contribution in [0.15, 0.2) is 11.4 Å². The van der Waals surface area contributed by atoms with E-state index in [2.05, 4.69) is 15.3 Å². The summed E-state index contributed by atoms with van der Waals surface area (Å²) >= 11 is 1.45. The second-order valence-electron chi connectivity index (χ2n) is 4.11. The molecule has 2 rings (SSSR count). The van der Waals surface area contributed by atoms with Gasteiger partial charge in [-0.2, -0.15) is 0 Å². The highest BCUT2D eigenvalue weighted by molar-refractivity contribution is 7.98. The first-order chi connectivity index (χ1) is 8.20. The molecule has 0 spiro atoms. The molecule has 1 heterocycles. The molecule has 1 aromatic heterocycles. The molecule has 6 heteroatoms. The number of carbonyl (C=O) groups is 1. The van der Waals surface area contributed by atoms with Gasteiger partial charge in [0, 0.05) is 12.2 Å². The van der Waals surface area contributed by atoms with Crippen LogP contribution in [0, 0.1) is 0 Å². The predicted octanol–water partition coefficient (Wildman–Crippen LogP) is 1.65. The van der Waals surface area contributed by atoms with Gasteiger partial charge in [0.2, 0.25) is 0 Å². The number of anilines is 1. The molecule has 1 aromatic rings. The predicted molar refractivity (Wildman–Crippen MR) is 68.2 cm³/mol. The lowest BCUT2D eigenvalue weighted by molar-refractivity contribution is 0.1000. The number of rotatable bonds is 4. The molecule has 17 heavy (non-hydrogen) atoms. The molecule has 0 aliphatic heterocycles. The third-order valence-electron chi connectivity index (χ3n) is 2.91. The third-order valence-corrected chi connectivity index (χ3v) is 3.47. The maximum Gasteiger partial charge on any atom is 0.254 e. The van der Waals surface area contributed by atoms with Gasteiger partial charge in [0.25, 0.3) is 5.91 Å². The van der Waals surface area contributed by atoms with E-state index in [0.29, 0.717) is 22.6 Å². The van der Waals surface area contributed by atoms with E-state index in [4.69, 9.17) is 5.73 Å². The van der Waals surface area contributed by atoms with Crippen molar-refractivity contribution in [2.45, 2.75) is 36.9 Å². The summed E-state index contributed by atoms with van der Waals surface area (Å²) in [6, 6.07) is 0.401. The van der Waals surface area contributed by atoms with Gasteiger partial charge in [0.1, 0.15) is 5.82 Å². The highest BCUT2D eigenvalue weighted by atomic mass is 32.2. The summed E-state index contributed by atoms with van der Waals surface area (Å²) in [7, 11) is 0. The van der Waals surface area contributed by atoms with Crippen molar-refractivity contribution in [3.63, 3.8) is 0 Å². The van der Waals surface area contributed by atoms with Gasteiger partial charge in [-0.3, -0.25) is 4.79 Å². The molecule has 5 nitrogen and oxygen atoms in total. The molecule has 0 saturated heterocycles. The number of primary amides is 1. The number of nitrogens with one attached hydrogen (secondary N) is 1. The SMILES string of the molecule is CSc1ncc(C(N)=O)c(NC2CCCC2)n1. The quantitative estimate of drug-likeness (QED) is 0.629. The van der Waals surface area contributed by atoms with E-state index in [-0.39, 0.29) is 0 Å². The van der Waals surface area contributed by atoms with E-state index in [1.165, 1.54) is 30.8 Å². The highest BCUT2D eigenvalue weighted by Crippen LogP contribution is 2.24. The van der Waals surface area contributed by atoms with E-state index in [0.717, 1.165) is 12.8 Å². The van der Waals surface area contributed by atoms with Gasteiger partial charge in [-0.15, -0.1) is 0 Å². The topological polar surface area (TPSA) is 80.9 Å². The van der Waals surface area contributed by atoms with Crippen LogP contribution in [0.2, 0.25) is 0 Å². The van der Waals surface area contributed by atoms with Crippen molar-refractivity contribution in [2.24, 2.45) is 5.73 Å². The normalized spacial score (nSPS) is 16.1. The fraction of sp³-hybridized carbons (Fsp3) is 0.545. The summed E-state index contributed by atoms with van der Waals surface area (Å²) in [4.78, 5) is 19.7. The van der Waals surface area contributed by atoms with Crippen molar-refractivity contribution in [3.05, 3.63) is 11.8 Å². The molecule has 1 saturated carbocycles. The van der Waals surface area contributed by atoms with Crippen molar-refractivity contribution in [2.75, 3.05) is 11.6 Å². The lowest BCUT2D eigenvalue weighted by Gasteiger charge is -2.14. The molecule has 1 aliphatic rings. The minimum atomic E-state index is -0.488. The fourth-order valence-electron chi connectivity index (χ4n) is 2.02. The summed E-state index contributed by atoms with van der Waals surface area (Å²) in [5.41, 5.74) is 5.68. The highest BCUT2D eigenvalue weighted by Gasteiger charge is 2.19. The second-order valence-corrected chi connectivity index (χ2v) is 4.88. The molecule has 1 amide bonds. The van der Waals surface area contributed by atoms with Crippen LogP contribution in [-0.2, 0) is 0 Å². The van der Waals surface area contributed by atoms with E-state index >= 15 is 0 Å². The molecule has 0 unspecified atom stereocenters. The van der Waals surface area contributed by atoms with Crippen LogP contribution in [0.1, 0.15) is 36.0 Å². The molecule has 1 fully saturated rings. The number of amides is 1. The summed E-state index contributed by atoms with van der Waals surface area (Å²) in [5, 5.41) is 3.95. The molecule has 92 valence electrons. The number of carbonyl (C=O) groups excluding carboxylic acids is 1. The Morgan fingerprint density at radius 3 is 2.82 bits per heavy atom. The first kappa shape index (κ1) is 12.2. The zero-order valence-electron chi connectivity index (χ0n) is 9.77. The Balaban J connectivity index is 2.24. The van der Waals surface area contributed by atoms with Gasteiger partial charge in [-0.25, -0.2) is 9.97 Å². The Morgan fingerprint density at radius 1 is 1.53 bits per heavy atom. The standard InChI is InChI=1S/C11H16N4OS/c1-17-11-13-6-8(9(12)16)10(15-11)14-7-4-2-3-5-7/h6-7H,2-5H2,1H3,(H2,12,16)(H,13,14,15). The van der Waals surface area contributed by atoms with E-state index in [9.17, 15) is 4.79 Å². The summed E-state index contributed by atoms with van der Waals surface area (Å²) in [6.07, 6.45) is 8.10. The average Bonchev–Trinajstić information content (AvgIpc) is 2.81. The second kappa shape index (κ2) is 5.35. The van der Waals surface area contributed by atoms with Crippen LogP contribution in [0.25, 0.3) is 0 Å². The molecule has 3 N–H and O–H groups in total. The van der Waals surface area contributed by atoms with Crippen LogP contribution in [0.4, 0.5) is 5.82 Å². The Bertz CT molecular complexity index is 418. The number of hydrogen-bond acceptors (Lipinski definition) is 5. The van der Waals surface area contributed by atoms with Crippen molar-refractivity contribution < 1.29 is 4.79 Å². The van der Waals surface area contributed by atoms with Crippen LogP contribution in [0.5, 0.6) is 0 Å². The van der Waals surface area contributed by atoms with Crippen LogP contribution >= 0.6 is 11.8 Å². The fourth-order valence-corrected chi connectivity index (χ4v) is 2.36. The zero-order chi connectivity index (χ0) is 12.3. The Kier molecular flexibility index (Phi) is 3.83. The number of thioether (sulfide) groups is 1. The molecular weight excluding hydrogens is 236 g/mol. The number of nitrogens with zero attached hydrogens (tertiary/aromatic N) is 2. The average molecular weight is 252 g/mol. The van der Waals surface area contributed by atoms with E-state index < -0.39 is 5.91 Å². The first-order valence-electron chi connectivity index (χ1n) is 5.68. The van der Waals surface area contributed by atoms with Gasteiger partial charge >= 0.3 is 0 Å². The maximum atomic E-state index is 11.3. The first-order valence-corrected chi connectivity index (χ1v) is 6.90. The molecule has 0 bridgehead atoms. The van der Waals surface area contributed by atoms with Crippen molar-refractivity contribution in [3.8, 4) is 0 Å².